The summed E-state index contributed by atoms with van der Waals surface area (Å²) in [6.07, 6.45) is 0. The molecule has 108 valence electrons. The van der Waals surface area contributed by atoms with Gasteiger partial charge in [-0.15, -0.1) is 0 Å². The Kier molecular flexibility index (Phi) is 4.14. The molecule has 1 aromatic heterocycles. The molecular weight excluding hydrogens is 257 g/mol. The largest absolute Gasteiger partial charge is 0.497 e. The minimum absolute atomic E-state index is 0.238. The minimum atomic E-state index is -0.290. The summed E-state index contributed by atoms with van der Waals surface area (Å²) in [6, 6.07) is 4.67. The molecular formula is C16H20FNO2. The maximum absolute atomic E-state index is 14.3. The summed E-state index contributed by atoms with van der Waals surface area (Å²) >= 11 is 0. The molecule has 0 bridgehead atoms. The van der Waals surface area contributed by atoms with Crippen molar-refractivity contribution in [1.29, 1.82) is 0 Å². The van der Waals surface area contributed by atoms with Crippen LogP contribution in [0, 0.1) is 26.6 Å². The lowest BCUT2D eigenvalue weighted by Crippen LogP contribution is -2.20. The highest BCUT2D eigenvalue weighted by Crippen LogP contribution is 2.33. The van der Waals surface area contributed by atoms with Crippen LogP contribution < -0.4 is 10.1 Å². The number of hydrogen-bond acceptors (Lipinski definition) is 3. The summed E-state index contributed by atoms with van der Waals surface area (Å²) in [5, 5.41) is 3.17. The fourth-order valence-corrected chi connectivity index (χ4v) is 2.56. The van der Waals surface area contributed by atoms with Crippen LogP contribution in [-0.2, 0) is 0 Å². The molecule has 2 aromatic rings. The van der Waals surface area contributed by atoms with Crippen LogP contribution in [0.1, 0.15) is 34.3 Å². The second kappa shape index (κ2) is 5.67. The van der Waals surface area contributed by atoms with Crippen LogP contribution in [0.2, 0.25) is 0 Å². The number of methoxy groups -OCH3 is 1. The summed E-state index contributed by atoms with van der Waals surface area (Å²) in [5.74, 6) is 1.90. The van der Waals surface area contributed by atoms with Gasteiger partial charge in [-0.05, 0) is 39.4 Å². The Hall–Kier alpha value is -1.81. The maximum Gasteiger partial charge on any atom is 0.132 e. The molecule has 0 aliphatic rings. The van der Waals surface area contributed by atoms with Crippen LogP contribution in [0.15, 0.2) is 22.6 Å². The van der Waals surface area contributed by atoms with Crippen molar-refractivity contribution < 1.29 is 13.5 Å². The van der Waals surface area contributed by atoms with E-state index in [4.69, 9.17) is 9.15 Å². The van der Waals surface area contributed by atoms with E-state index in [-0.39, 0.29) is 11.9 Å². The zero-order chi connectivity index (χ0) is 14.9. The van der Waals surface area contributed by atoms with Crippen molar-refractivity contribution >= 4 is 0 Å². The van der Waals surface area contributed by atoms with E-state index in [0.29, 0.717) is 11.3 Å². The van der Waals surface area contributed by atoms with Crippen molar-refractivity contribution in [3.8, 4) is 5.75 Å². The predicted octanol–water partition coefficient (Wildman–Crippen LogP) is 3.66. The van der Waals surface area contributed by atoms with Gasteiger partial charge in [-0.25, -0.2) is 4.39 Å². The standard InChI is InChI=1S/C16H20FNO2/c1-9-10(2)20-11(3)15(9)16(18-4)13-7-6-12(19-5)8-14(13)17/h6-8,16,18H,1-5H3. The monoisotopic (exact) mass is 277 g/mol. The lowest BCUT2D eigenvalue weighted by molar-refractivity contribution is 0.410. The van der Waals surface area contributed by atoms with Gasteiger partial charge in [-0.3, -0.25) is 0 Å². The number of hydrogen-bond donors (Lipinski definition) is 1. The molecule has 1 N–H and O–H groups in total. The number of ether oxygens (including phenoxy) is 1. The number of aryl methyl sites for hydroxylation is 2. The molecule has 4 heteroatoms. The van der Waals surface area contributed by atoms with Crippen LogP contribution in [0.4, 0.5) is 4.39 Å². The van der Waals surface area contributed by atoms with Crippen molar-refractivity contribution in [3.63, 3.8) is 0 Å². The normalized spacial score (nSPS) is 12.5. The second-order valence-electron chi connectivity index (χ2n) is 4.86. The maximum atomic E-state index is 14.3. The number of benzene rings is 1. The second-order valence-corrected chi connectivity index (χ2v) is 4.86. The van der Waals surface area contributed by atoms with Crippen molar-refractivity contribution in [2.45, 2.75) is 26.8 Å². The lowest BCUT2D eigenvalue weighted by atomic mass is 9.95. The highest BCUT2D eigenvalue weighted by molar-refractivity contribution is 5.42. The van der Waals surface area contributed by atoms with Gasteiger partial charge in [-0.2, -0.15) is 0 Å². The molecule has 0 aliphatic carbocycles. The number of nitrogens with one attached hydrogen (secondary N) is 1. The molecule has 1 aromatic carbocycles. The number of furan rings is 1. The zero-order valence-electron chi connectivity index (χ0n) is 12.5. The average Bonchev–Trinajstić information content (AvgIpc) is 2.67. The van der Waals surface area contributed by atoms with Crippen molar-refractivity contribution in [1.82, 2.24) is 5.32 Å². The third-order valence-electron chi connectivity index (χ3n) is 3.71. The van der Waals surface area contributed by atoms with E-state index in [1.54, 1.807) is 12.1 Å². The van der Waals surface area contributed by atoms with Gasteiger partial charge < -0.3 is 14.5 Å². The zero-order valence-corrected chi connectivity index (χ0v) is 12.5. The van der Waals surface area contributed by atoms with Crippen LogP contribution in [0.3, 0.4) is 0 Å². The van der Waals surface area contributed by atoms with Crippen LogP contribution >= 0.6 is 0 Å². The molecule has 0 fully saturated rings. The first-order valence-corrected chi connectivity index (χ1v) is 6.56. The van der Waals surface area contributed by atoms with Gasteiger partial charge >= 0.3 is 0 Å². The fourth-order valence-electron chi connectivity index (χ4n) is 2.56. The Morgan fingerprint density at radius 3 is 2.35 bits per heavy atom. The third-order valence-corrected chi connectivity index (χ3v) is 3.71. The molecule has 0 saturated carbocycles. The SMILES string of the molecule is CNC(c1ccc(OC)cc1F)c1c(C)oc(C)c1C. The fraction of sp³-hybridized carbons (Fsp3) is 0.375. The Labute approximate surface area is 118 Å². The average molecular weight is 277 g/mol. The van der Waals surface area contributed by atoms with Gasteiger partial charge in [0.05, 0.1) is 13.2 Å². The van der Waals surface area contributed by atoms with Gasteiger partial charge in [0.15, 0.2) is 0 Å². The molecule has 0 aliphatic heterocycles. The van der Waals surface area contributed by atoms with E-state index < -0.39 is 0 Å². The summed E-state index contributed by atoms with van der Waals surface area (Å²) in [5.41, 5.74) is 2.63. The van der Waals surface area contributed by atoms with Gasteiger partial charge in [-0.1, -0.05) is 6.07 Å². The molecule has 20 heavy (non-hydrogen) atoms. The smallest absolute Gasteiger partial charge is 0.132 e. The molecule has 1 unspecified atom stereocenters. The van der Waals surface area contributed by atoms with E-state index in [9.17, 15) is 4.39 Å². The van der Waals surface area contributed by atoms with Crippen molar-refractivity contribution in [3.05, 3.63) is 52.2 Å². The summed E-state index contributed by atoms with van der Waals surface area (Å²) < 4.78 is 25.0. The van der Waals surface area contributed by atoms with Crippen molar-refractivity contribution in [2.24, 2.45) is 0 Å². The molecule has 0 amide bonds. The first-order valence-electron chi connectivity index (χ1n) is 6.56. The summed E-state index contributed by atoms with van der Waals surface area (Å²) in [4.78, 5) is 0. The van der Waals surface area contributed by atoms with Gasteiger partial charge in [0, 0.05) is 17.2 Å². The van der Waals surface area contributed by atoms with E-state index >= 15 is 0 Å². The van der Waals surface area contributed by atoms with Gasteiger partial charge in [0.2, 0.25) is 0 Å². The highest BCUT2D eigenvalue weighted by Gasteiger charge is 2.23. The van der Waals surface area contributed by atoms with Crippen LogP contribution in [-0.4, -0.2) is 14.2 Å². The number of halogens is 1. The van der Waals surface area contributed by atoms with E-state index in [1.807, 2.05) is 27.8 Å². The summed E-state index contributed by atoms with van der Waals surface area (Å²) in [6.45, 7) is 5.82. The lowest BCUT2D eigenvalue weighted by Gasteiger charge is -2.18. The minimum Gasteiger partial charge on any atom is -0.497 e. The van der Waals surface area contributed by atoms with Crippen molar-refractivity contribution in [2.75, 3.05) is 14.2 Å². The molecule has 2 rings (SSSR count). The Morgan fingerprint density at radius 2 is 1.90 bits per heavy atom. The molecule has 0 radical (unpaired) electrons. The van der Waals surface area contributed by atoms with Crippen LogP contribution in [0.5, 0.6) is 5.75 Å². The Balaban J connectivity index is 2.52. The first kappa shape index (κ1) is 14.6. The topological polar surface area (TPSA) is 34.4 Å². The molecule has 3 nitrogen and oxygen atoms in total. The summed E-state index contributed by atoms with van der Waals surface area (Å²) in [7, 11) is 3.34. The third kappa shape index (κ3) is 2.43. The van der Waals surface area contributed by atoms with E-state index in [0.717, 1.165) is 22.6 Å². The number of rotatable bonds is 4. The van der Waals surface area contributed by atoms with E-state index in [1.165, 1.54) is 13.2 Å². The molecule has 1 atom stereocenters. The van der Waals surface area contributed by atoms with E-state index in [2.05, 4.69) is 5.32 Å². The molecule has 0 spiro atoms. The highest BCUT2D eigenvalue weighted by atomic mass is 19.1. The molecule has 0 saturated heterocycles. The van der Waals surface area contributed by atoms with Gasteiger partial charge in [0.25, 0.3) is 0 Å². The van der Waals surface area contributed by atoms with Gasteiger partial charge in [0.1, 0.15) is 23.1 Å². The Bertz CT molecular complexity index is 619. The Morgan fingerprint density at radius 1 is 1.20 bits per heavy atom. The quantitative estimate of drug-likeness (QED) is 0.926. The predicted molar refractivity (Wildman–Crippen MR) is 76.8 cm³/mol. The first-order chi connectivity index (χ1) is 9.49. The molecule has 1 heterocycles. The van der Waals surface area contributed by atoms with Crippen LogP contribution in [0.25, 0.3) is 0 Å².